The zero-order chi connectivity index (χ0) is 19.8. The van der Waals surface area contributed by atoms with E-state index in [1.165, 1.54) is 23.4 Å². The van der Waals surface area contributed by atoms with Crippen LogP contribution in [-0.4, -0.2) is 34.5 Å². The van der Waals surface area contributed by atoms with Crippen LogP contribution in [0.25, 0.3) is 0 Å². The van der Waals surface area contributed by atoms with Crippen LogP contribution in [-0.2, 0) is 0 Å². The molecule has 1 aliphatic heterocycles. The zero-order valence-electron chi connectivity index (χ0n) is 16.2. The Balaban J connectivity index is 1.92. The number of phenols is 1. The summed E-state index contributed by atoms with van der Waals surface area (Å²) in [7, 11) is 0. The summed E-state index contributed by atoms with van der Waals surface area (Å²) in [5, 5.41) is 18.7. The van der Waals surface area contributed by atoms with Crippen LogP contribution in [0.4, 0.5) is 11.4 Å². The first-order valence-electron chi connectivity index (χ1n) is 9.25. The molecular formula is C22H26N2O3. The third kappa shape index (κ3) is 3.68. The van der Waals surface area contributed by atoms with Crippen molar-refractivity contribution in [1.82, 2.24) is 0 Å². The summed E-state index contributed by atoms with van der Waals surface area (Å²) in [6, 6.07) is 10.7. The molecule has 1 heterocycles. The van der Waals surface area contributed by atoms with Crippen LogP contribution in [0.3, 0.4) is 0 Å². The van der Waals surface area contributed by atoms with E-state index in [4.69, 9.17) is 5.11 Å². The number of aromatic carboxylic acids is 1. The van der Waals surface area contributed by atoms with Crippen molar-refractivity contribution in [3.05, 3.63) is 53.1 Å². The van der Waals surface area contributed by atoms with Gasteiger partial charge in [0.25, 0.3) is 0 Å². The molecule has 142 valence electrons. The van der Waals surface area contributed by atoms with Gasteiger partial charge in [0, 0.05) is 24.0 Å². The van der Waals surface area contributed by atoms with Gasteiger partial charge in [-0.25, -0.2) is 4.79 Å². The van der Waals surface area contributed by atoms with Crippen molar-refractivity contribution in [2.75, 3.05) is 11.4 Å². The Labute approximate surface area is 160 Å². The maximum atomic E-state index is 11.1. The van der Waals surface area contributed by atoms with Crippen molar-refractivity contribution in [2.24, 2.45) is 4.99 Å². The maximum Gasteiger partial charge on any atom is 0.339 e. The lowest BCUT2D eigenvalue weighted by atomic mass is 9.79. The van der Waals surface area contributed by atoms with Crippen LogP contribution in [0.15, 0.2) is 41.4 Å². The molecule has 0 aliphatic carbocycles. The van der Waals surface area contributed by atoms with Crippen LogP contribution in [0.5, 0.6) is 5.75 Å². The molecule has 0 spiro atoms. The van der Waals surface area contributed by atoms with Gasteiger partial charge in [-0.1, -0.05) is 13.0 Å². The van der Waals surface area contributed by atoms with Crippen LogP contribution in [0.2, 0.25) is 0 Å². The minimum Gasteiger partial charge on any atom is -0.507 e. The molecular weight excluding hydrogens is 340 g/mol. The highest BCUT2D eigenvalue weighted by molar-refractivity contribution is 5.92. The summed E-state index contributed by atoms with van der Waals surface area (Å²) >= 11 is 0. The molecule has 3 rings (SSSR count). The molecule has 1 atom stereocenters. The monoisotopic (exact) mass is 366 g/mol. The Hall–Kier alpha value is -2.82. The van der Waals surface area contributed by atoms with Crippen molar-refractivity contribution in [2.45, 2.75) is 45.6 Å². The largest absolute Gasteiger partial charge is 0.507 e. The predicted molar refractivity (Wildman–Crippen MR) is 109 cm³/mol. The van der Waals surface area contributed by atoms with E-state index < -0.39 is 5.97 Å². The Bertz CT molecular complexity index is 902. The first-order valence-corrected chi connectivity index (χ1v) is 9.25. The summed E-state index contributed by atoms with van der Waals surface area (Å²) in [5.41, 5.74) is 4.04. The second-order valence-corrected chi connectivity index (χ2v) is 7.74. The zero-order valence-corrected chi connectivity index (χ0v) is 16.2. The fourth-order valence-corrected chi connectivity index (χ4v) is 4.11. The number of hydrogen-bond donors (Lipinski definition) is 2. The van der Waals surface area contributed by atoms with Crippen molar-refractivity contribution >= 4 is 23.6 Å². The Morgan fingerprint density at radius 2 is 2.04 bits per heavy atom. The van der Waals surface area contributed by atoms with Gasteiger partial charge < -0.3 is 15.1 Å². The van der Waals surface area contributed by atoms with Crippen LogP contribution in [0.1, 0.15) is 61.5 Å². The first kappa shape index (κ1) is 19.0. The molecule has 2 N–H and O–H groups in total. The van der Waals surface area contributed by atoms with Crippen molar-refractivity contribution in [3.8, 4) is 5.75 Å². The molecule has 1 aliphatic rings. The lowest BCUT2D eigenvalue weighted by molar-refractivity contribution is 0.0694. The van der Waals surface area contributed by atoms with E-state index >= 15 is 0 Å². The SMILES string of the molecule is CCN1c2ccc(C=Nc3ccc(O)c(C(=O)O)c3)cc2C(C)CC1(C)C. The lowest BCUT2D eigenvalue weighted by Crippen LogP contribution is -2.48. The molecule has 5 nitrogen and oxygen atoms in total. The van der Waals surface area contributed by atoms with Gasteiger partial charge in [0.15, 0.2) is 0 Å². The molecule has 0 saturated heterocycles. The Morgan fingerprint density at radius 3 is 2.70 bits per heavy atom. The van der Waals surface area contributed by atoms with Gasteiger partial charge in [-0.3, -0.25) is 4.99 Å². The molecule has 2 aromatic carbocycles. The number of anilines is 1. The fourth-order valence-electron chi connectivity index (χ4n) is 4.11. The van der Waals surface area contributed by atoms with Gasteiger partial charge >= 0.3 is 5.97 Å². The third-order valence-corrected chi connectivity index (χ3v) is 5.30. The maximum absolute atomic E-state index is 11.1. The standard InChI is InChI=1S/C22H26N2O3/c1-5-24-19-8-6-15(10-17(19)14(2)12-22(24,3)4)13-23-16-7-9-20(25)18(11-16)21(26)27/h6-11,13-14,25H,5,12H2,1-4H3,(H,26,27). The van der Waals surface area contributed by atoms with Crippen LogP contribution >= 0.6 is 0 Å². The van der Waals surface area contributed by atoms with E-state index in [2.05, 4.69) is 49.7 Å². The topological polar surface area (TPSA) is 73.1 Å². The van der Waals surface area contributed by atoms with Gasteiger partial charge in [0.1, 0.15) is 11.3 Å². The molecule has 1 unspecified atom stereocenters. The third-order valence-electron chi connectivity index (χ3n) is 5.30. The first-order chi connectivity index (χ1) is 12.7. The summed E-state index contributed by atoms with van der Waals surface area (Å²) in [6.07, 6.45) is 2.83. The Kier molecular flexibility index (Phi) is 4.96. The molecule has 0 saturated carbocycles. The molecule has 0 aromatic heterocycles. The van der Waals surface area contributed by atoms with Crippen molar-refractivity contribution in [3.63, 3.8) is 0 Å². The number of carboxylic acids is 1. The van der Waals surface area contributed by atoms with Gasteiger partial charge in [0.05, 0.1) is 5.69 Å². The quantitative estimate of drug-likeness (QED) is 0.751. The molecule has 0 fully saturated rings. The van der Waals surface area contributed by atoms with E-state index in [1.54, 1.807) is 12.3 Å². The average molecular weight is 366 g/mol. The van der Waals surface area contributed by atoms with Crippen LogP contribution < -0.4 is 4.90 Å². The lowest BCUT2D eigenvalue weighted by Gasteiger charge is -2.47. The number of carboxylic acid groups (broad SMARTS) is 1. The normalized spacial score (nSPS) is 18.5. The van der Waals surface area contributed by atoms with Gasteiger partial charge in [0.2, 0.25) is 0 Å². The van der Waals surface area contributed by atoms with Gasteiger partial charge in [-0.05, 0) is 74.6 Å². The molecule has 27 heavy (non-hydrogen) atoms. The summed E-state index contributed by atoms with van der Waals surface area (Å²) in [5.74, 6) is -0.973. The minimum absolute atomic E-state index is 0.135. The van der Waals surface area contributed by atoms with E-state index in [-0.39, 0.29) is 16.9 Å². The molecule has 0 bridgehead atoms. The number of rotatable bonds is 4. The highest BCUT2D eigenvalue weighted by atomic mass is 16.4. The number of fused-ring (bicyclic) bond motifs is 1. The predicted octanol–water partition coefficient (Wildman–Crippen LogP) is 4.95. The molecule has 2 aromatic rings. The molecule has 0 amide bonds. The van der Waals surface area contributed by atoms with E-state index in [0.29, 0.717) is 11.6 Å². The summed E-state index contributed by atoms with van der Waals surface area (Å²) < 4.78 is 0. The number of carbonyl (C=O) groups is 1. The molecule has 0 radical (unpaired) electrons. The number of aromatic hydroxyl groups is 1. The highest BCUT2D eigenvalue weighted by Gasteiger charge is 2.35. The van der Waals surface area contributed by atoms with Gasteiger partial charge in [-0.15, -0.1) is 0 Å². The van der Waals surface area contributed by atoms with Crippen molar-refractivity contribution in [1.29, 1.82) is 0 Å². The number of hydrogen-bond acceptors (Lipinski definition) is 4. The van der Waals surface area contributed by atoms with E-state index in [9.17, 15) is 9.90 Å². The smallest absolute Gasteiger partial charge is 0.339 e. The second-order valence-electron chi connectivity index (χ2n) is 7.74. The second kappa shape index (κ2) is 7.06. The Morgan fingerprint density at radius 1 is 1.30 bits per heavy atom. The number of aliphatic imine (C=N–C) groups is 1. The summed E-state index contributed by atoms with van der Waals surface area (Å²) in [6.45, 7) is 9.98. The van der Waals surface area contributed by atoms with Gasteiger partial charge in [-0.2, -0.15) is 0 Å². The average Bonchev–Trinajstić information content (AvgIpc) is 2.60. The minimum atomic E-state index is -1.17. The molecule has 5 heteroatoms. The highest BCUT2D eigenvalue weighted by Crippen LogP contribution is 2.43. The summed E-state index contributed by atoms with van der Waals surface area (Å²) in [4.78, 5) is 18.0. The van der Waals surface area contributed by atoms with Crippen molar-refractivity contribution < 1.29 is 15.0 Å². The fraction of sp³-hybridized carbons (Fsp3) is 0.364. The number of nitrogens with zero attached hydrogens (tertiary/aromatic N) is 2. The number of benzene rings is 2. The van der Waals surface area contributed by atoms with E-state index in [1.807, 2.05) is 6.07 Å². The van der Waals surface area contributed by atoms with E-state index in [0.717, 1.165) is 18.5 Å². The van der Waals surface area contributed by atoms with Crippen LogP contribution in [0, 0.1) is 0 Å².